The number of hydrogen-bond donors (Lipinski definition) is 1. The highest BCUT2D eigenvalue weighted by molar-refractivity contribution is 7.99. The SMILES string of the molecule is Cc1cc2c(c3ccc(=O)[nH]c13)OC(CSCCN(C)C)C2.Cl. The number of rotatable bonds is 5. The highest BCUT2D eigenvalue weighted by Gasteiger charge is 2.25. The maximum atomic E-state index is 11.5. The van der Waals surface area contributed by atoms with Crippen molar-refractivity contribution in [3.8, 4) is 5.75 Å². The van der Waals surface area contributed by atoms with Crippen molar-refractivity contribution >= 4 is 35.1 Å². The van der Waals surface area contributed by atoms with Gasteiger partial charge in [-0.25, -0.2) is 0 Å². The van der Waals surface area contributed by atoms with Gasteiger partial charge in [-0.05, 0) is 38.2 Å². The van der Waals surface area contributed by atoms with Crippen LogP contribution in [0.3, 0.4) is 0 Å². The van der Waals surface area contributed by atoms with Crippen molar-refractivity contribution in [3.63, 3.8) is 0 Å². The van der Waals surface area contributed by atoms with Crippen LogP contribution in [0, 0.1) is 6.92 Å². The number of aromatic amines is 1. The molecule has 0 bridgehead atoms. The first-order chi connectivity index (χ1) is 10.5. The lowest BCUT2D eigenvalue weighted by molar-refractivity contribution is 0.262. The Hall–Kier alpha value is -1.17. The first-order valence-corrected chi connectivity index (χ1v) is 8.74. The molecule has 6 heteroatoms. The number of nitrogens with zero attached hydrogens (tertiary/aromatic N) is 1. The molecule has 1 aromatic carbocycles. The number of hydrogen-bond acceptors (Lipinski definition) is 4. The van der Waals surface area contributed by atoms with E-state index in [1.165, 1.54) is 5.56 Å². The Morgan fingerprint density at radius 2 is 2.17 bits per heavy atom. The van der Waals surface area contributed by atoms with Crippen molar-refractivity contribution in [1.82, 2.24) is 9.88 Å². The van der Waals surface area contributed by atoms with Crippen LogP contribution < -0.4 is 10.3 Å². The van der Waals surface area contributed by atoms with Crippen molar-refractivity contribution in [2.45, 2.75) is 19.4 Å². The third kappa shape index (κ3) is 4.03. The first-order valence-electron chi connectivity index (χ1n) is 7.59. The van der Waals surface area contributed by atoms with Gasteiger partial charge < -0.3 is 14.6 Å². The van der Waals surface area contributed by atoms with Crippen molar-refractivity contribution < 1.29 is 4.74 Å². The Kier molecular flexibility index (Phi) is 6.00. The van der Waals surface area contributed by atoms with Crippen LogP contribution in [0.4, 0.5) is 0 Å². The zero-order valence-electron chi connectivity index (χ0n) is 13.7. The highest BCUT2D eigenvalue weighted by atomic mass is 35.5. The molecule has 0 radical (unpaired) electrons. The number of aromatic nitrogens is 1. The second-order valence-electron chi connectivity index (χ2n) is 6.12. The number of benzene rings is 1. The van der Waals surface area contributed by atoms with Gasteiger partial charge in [0.1, 0.15) is 11.9 Å². The van der Waals surface area contributed by atoms with E-state index in [2.05, 4.69) is 30.0 Å². The number of thioether (sulfide) groups is 1. The molecule has 0 fully saturated rings. The predicted molar refractivity (Wildman–Crippen MR) is 101 cm³/mol. The minimum atomic E-state index is -0.0654. The van der Waals surface area contributed by atoms with Crippen molar-refractivity contribution in [1.29, 1.82) is 0 Å². The van der Waals surface area contributed by atoms with Gasteiger partial charge in [0, 0.05) is 35.9 Å². The highest BCUT2D eigenvalue weighted by Crippen LogP contribution is 2.37. The summed E-state index contributed by atoms with van der Waals surface area (Å²) in [4.78, 5) is 16.6. The molecule has 1 atom stereocenters. The molecule has 1 N–H and O–H groups in total. The van der Waals surface area contributed by atoms with Crippen molar-refractivity contribution in [2.75, 3.05) is 32.1 Å². The number of aryl methyl sites for hydroxylation is 1. The summed E-state index contributed by atoms with van der Waals surface area (Å²) in [6.07, 6.45) is 1.19. The molecule has 0 spiro atoms. The normalized spacial score (nSPS) is 16.3. The van der Waals surface area contributed by atoms with E-state index in [4.69, 9.17) is 4.74 Å². The van der Waals surface area contributed by atoms with Crippen molar-refractivity contribution in [2.24, 2.45) is 0 Å². The smallest absolute Gasteiger partial charge is 0.248 e. The molecule has 126 valence electrons. The molecule has 1 aliphatic heterocycles. The molecule has 1 aromatic heterocycles. The zero-order valence-corrected chi connectivity index (χ0v) is 15.4. The van der Waals surface area contributed by atoms with E-state index >= 15 is 0 Å². The topological polar surface area (TPSA) is 45.3 Å². The van der Waals surface area contributed by atoms with Crippen LogP contribution >= 0.6 is 24.2 Å². The summed E-state index contributed by atoms with van der Waals surface area (Å²) in [5.74, 6) is 3.08. The summed E-state index contributed by atoms with van der Waals surface area (Å²) in [6, 6.07) is 5.60. The van der Waals surface area contributed by atoms with E-state index in [0.717, 1.165) is 46.7 Å². The molecule has 2 aromatic rings. The minimum Gasteiger partial charge on any atom is -0.488 e. The molecule has 0 saturated carbocycles. The molecule has 0 aliphatic carbocycles. The van der Waals surface area contributed by atoms with Gasteiger partial charge in [0.15, 0.2) is 0 Å². The van der Waals surface area contributed by atoms with Crippen LogP contribution in [0.25, 0.3) is 10.9 Å². The monoisotopic (exact) mass is 354 g/mol. The lowest BCUT2D eigenvalue weighted by Crippen LogP contribution is -2.19. The average Bonchev–Trinajstić information content (AvgIpc) is 2.86. The summed E-state index contributed by atoms with van der Waals surface area (Å²) in [7, 11) is 4.19. The van der Waals surface area contributed by atoms with Crippen LogP contribution in [-0.4, -0.2) is 48.1 Å². The fraction of sp³-hybridized carbons (Fsp3) is 0.471. The Labute approximate surface area is 147 Å². The van der Waals surface area contributed by atoms with E-state index in [0.29, 0.717) is 0 Å². The molecule has 3 rings (SSSR count). The number of ether oxygens (including phenoxy) is 1. The molecule has 0 saturated heterocycles. The summed E-state index contributed by atoms with van der Waals surface area (Å²) in [5, 5.41) is 1.02. The van der Waals surface area contributed by atoms with Gasteiger partial charge in [-0.3, -0.25) is 4.79 Å². The quantitative estimate of drug-likeness (QED) is 0.839. The molecule has 4 nitrogen and oxygen atoms in total. The molecule has 0 amide bonds. The molecule has 2 heterocycles. The fourth-order valence-electron chi connectivity index (χ4n) is 2.85. The van der Waals surface area contributed by atoms with Crippen LogP contribution in [0.5, 0.6) is 5.75 Å². The van der Waals surface area contributed by atoms with Crippen LogP contribution in [0.2, 0.25) is 0 Å². The Balaban J connectivity index is 0.00000192. The summed E-state index contributed by atoms with van der Waals surface area (Å²) in [5.41, 5.74) is 3.20. The number of nitrogens with one attached hydrogen (secondary N) is 1. The van der Waals surface area contributed by atoms with E-state index < -0.39 is 0 Å². The first kappa shape index (κ1) is 18.2. The third-order valence-electron chi connectivity index (χ3n) is 3.96. The van der Waals surface area contributed by atoms with Gasteiger partial charge in [0.2, 0.25) is 5.56 Å². The fourth-order valence-corrected chi connectivity index (χ4v) is 3.96. The van der Waals surface area contributed by atoms with Gasteiger partial charge in [-0.2, -0.15) is 11.8 Å². The maximum Gasteiger partial charge on any atom is 0.248 e. The van der Waals surface area contributed by atoms with Gasteiger partial charge in [-0.15, -0.1) is 12.4 Å². The van der Waals surface area contributed by atoms with E-state index in [1.807, 2.05) is 24.8 Å². The lowest BCUT2D eigenvalue weighted by atomic mass is 10.0. The number of pyridine rings is 1. The van der Waals surface area contributed by atoms with Crippen molar-refractivity contribution in [3.05, 3.63) is 39.7 Å². The van der Waals surface area contributed by atoms with E-state index in [1.54, 1.807) is 6.07 Å². The minimum absolute atomic E-state index is 0. The molecule has 23 heavy (non-hydrogen) atoms. The Morgan fingerprint density at radius 1 is 1.39 bits per heavy atom. The third-order valence-corrected chi connectivity index (χ3v) is 5.04. The van der Waals surface area contributed by atoms with Crippen LogP contribution in [-0.2, 0) is 6.42 Å². The van der Waals surface area contributed by atoms with E-state index in [9.17, 15) is 4.79 Å². The van der Waals surface area contributed by atoms with Gasteiger partial charge in [0.05, 0.1) is 5.52 Å². The summed E-state index contributed by atoms with van der Waals surface area (Å²) >= 11 is 1.94. The van der Waals surface area contributed by atoms with Gasteiger partial charge >= 0.3 is 0 Å². The lowest BCUT2D eigenvalue weighted by Gasteiger charge is -2.13. The standard InChI is InChI=1S/C17H22N2O2S.ClH/c1-11-8-12-9-13(10-22-7-6-19(2)3)21-17(12)14-4-5-15(20)18-16(11)14;/h4-5,8,13H,6-7,9-10H2,1-3H3,(H,18,20);1H. The molecular formula is C17H23ClN2O2S. The average molecular weight is 355 g/mol. The molecule has 1 unspecified atom stereocenters. The molecular weight excluding hydrogens is 332 g/mol. The second-order valence-corrected chi connectivity index (χ2v) is 7.26. The van der Waals surface area contributed by atoms with E-state index in [-0.39, 0.29) is 24.1 Å². The number of H-pyrrole nitrogens is 1. The predicted octanol–water partition coefficient (Wildman–Crippen LogP) is 2.86. The summed E-state index contributed by atoms with van der Waals surface area (Å²) < 4.78 is 6.17. The van der Waals surface area contributed by atoms with Crippen LogP contribution in [0.1, 0.15) is 11.1 Å². The summed E-state index contributed by atoms with van der Waals surface area (Å²) in [6.45, 7) is 3.13. The van der Waals surface area contributed by atoms with Gasteiger partial charge in [-0.1, -0.05) is 6.07 Å². The Bertz CT molecular complexity index is 745. The van der Waals surface area contributed by atoms with Crippen LogP contribution in [0.15, 0.2) is 23.0 Å². The number of fused-ring (bicyclic) bond motifs is 3. The number of halogens is 1. The molecule has 1 aliphatic rings. The Morgan fingerprint density at radius 3 is 2.91 bits per heavy atom. The van der Waals surface area contributed by atoms with Gasteiger partial charge in [0.25, 0.3) is 0 Å². The second kappa shape index (κ2) is 7.60. The maximum absolute atomic E-state index is 11.5. The largest absolute Gasteiger partial charge is 0.488 e. The zero-order chi connectivity index (χ0) is 15.7.